The Labute approximate surface area is 193 Å². The Hall–Kier alpha value is -2.68. The molecule has 0 aliphatic rings. The second kappa shape index (κ2) is 9.21. The van der Waals surface area contributed by atoms with Crippen LogP contribution >= 0.6 is 34.7 Å². The van der Waals surface area contributed by atoms with Crippen molar-refractivity contribution in [3.05, 3.63) is 76.0 Å². The fourth-order valence-corrected chi connectivity index (χ4v) is 5.18. The molecule has 2 aromatic heterocycles. The maximum absolute atomic E-state index is 12.4. The van der Waals surface area contributed by atoms with Crippen LogP contribution in [-0.4, -0.2) is 25.7 Å². The third-order valence-corrected chi connectivity index (χ3v) is 6.68. The molecular weight excluding hydrogens is 450 g/mol. The molecule has 0 saturated carbocycles. The Kier molecular flexibility index (Phi) is 6.41. The minimum Gasteiger partial charge on any atom is -0.277 e. The zero-order chi connectivity index (χ0) is 22.0. The Morgan fingerprint density at radius 3 is 2.81 bits per heavy atom. The van der Waals surface area contributed by atoms with Crippen LogP contribution in [0, 0.1) is 13.8 Å². The molecule has 4 aromatic rings. The van der Waals surface area contributed by atoms with Gasteiger partial charge in [-0.3, -0.25) is 14.3 Å². The molecule has 0 unspecified atom stereocenters. The first-order valence-electron chi connectivity index (χ1n) is 9.53. The number of halogens is 1. The van der Waals surface area contributed by atoms with E-state index in [0.29, 0.717) is 15.9 Å². The van der Waals surface area contributed by atoms with E-state index in [-0.39, 0.29) is 5.91 Å². The lowest BCUT2D eigenvalue weighted by molar-refractivity contribution is -0.115. The van der Waals surface area contributed by atoms with Gasteiger partial charge in [0.25, 0.3) is 0 Å². The summed E-state index contributed by atoms with van der Waals surface area (Å²) in [6.45, 7) is 5.60. The molecule has 0 atom stereocenters. The molecule has 1 amide bonds. The summed E-state index contributed by atoms with van der Waals surface area (Å²) in [7, 11) is 0. The van der Waals surface area contributed by atoms with Gasteiger partial charge in [-0.1, -0.05) is 47.1 Å². The van der Waals surface area contributed by atoms with Crippen molar-refractivity contribution in [2.45, 2.75) is 31.7 Å². The fourth-order valence-electron chi connectivity index (χ4n) is 3.19. The van der Waals surface area contributed by atoms with E-state index in [1.54, 1.807) is 18.2 Å². The van der Waals surface area contributed by atoms with Crippen molar-refractivity contribution >= 4 is 51.4 Å². The molecule has 0 aliphatic carbocycles. The second-order valence-electron chi connectivity index (χ2n) is 7.02. The molecule has 0 spiro atoms. The van der Waals surface area contributed by atoms with Crippen LogP contribution in [0.3, 0.4) is 0 Å². The standard InChI is InChI=1S/C22H20ClN5OS2/c1-14-7-8-20(15(2)9-14)28(16(3)29)21-25-18(11-30-21)12-31-22-26-24-13-27(22)19-6-4-5-17(23)10-19/h4-11,13H,12H2,1-3H3. The molecule has 0 aliphatic heterocycles. The molecular formula is C22H20ClN5OS2. The van der Waals surface area contributed by atoms with E-state index in [2.05, 4.69) is 16.3 Å². The van der Waals surface area contributed by atoms with Gasteiger partial charge in [-0.2, -0.15) is 0 Å². The topological polar surface area (TPSA) is 63.9 Å². The number of carbonyl (C=O) groups excluding carboxylic acids is 1. The zero-order valence-electron chi connectivity index (χ0n) is 17.2. The summed E-state index contributed by atoms with van der Waals surface area (Å²) in [5.41, 5.74) is 4.83. The summed E-state index contributed by atoms with van der Waals surface area (Å²) in [6.07, 6.45) is 1.66. The van der Waals surface area contributed by atoms with E-state index in [1.165, 1.54) is 23.1 Å². The van der Waals surface area contributed by atoms with Crippen LogP contribution in [0.15, 0.2) is 59.3 Å². The van der Waals surface area contributed by atoms with E-state index >= 15 is 0 Å². The van der Waals surface area contributed by atoms with Crippen LogP contribution in [0.25, 0.3) is 5.69 Å². The summed E-state index contributed by atoms with van der Waals surface area (Å²) in [5, 5.41) is 12.3. The monoisotopic (exact) mass is 469 g/mol. The van der Waals surface area contributed by atoms with E-state index in [0.717, 1.165) is 33.4 Å². The molecule has 0 bridgehead atoms. The SMILES string of the molecule is CC(=O)N(c1nc(CSc2nncn2-c2cccc(Cl)c2)cs1)c1ccc(C)cc1C. The molecule has 4 rings (SSSR count). The van der Waals surface area contributed by atoms with Gasteiger partial charge in [0, 0.05) is 23.1 Å². The molecule has 0 N–H and O–H groups in total. The van der Waals surface area contributed by atoms with E-state index in [1.807, 2.05) is 60.2 Å². The van der Waals surface area contributed by atoms with Gasteiger partial charge in [0.1, 0.15) is 6.33 Å². The number of nitrogens with zero attached hydrogens (tertiary/aromatic N) is 5. The van der Waals surface area contributed by atoms with Gasteiger partial charge in [-0.25, -0.2) is 4.98 Å². The number of aromatic nitrogens is 4. The average molecular weight is 470 g/mol. The van der Waals surface area contributed by atoms with Gasteiger partial charge in [0.05, 0.1) is 17.1 Å². The lowest BCUT2D eigenvalue weighted by atomic mass is 10.1. The summed E-state index contributed by atoms with van der Waals surface area (Å²) in [6, 6.07) is 13.6. The van der Waals surface area contributed by atoms with Gasteiger partial charge < -0.3 is 0 Å². The summed E-state index contributed by atoms with van der Waals surface area (Å²) in [4.78, 5) is 18.8. The summed E-state index contributed by atoms with van der Waals surface area (Å²) < 4.78 is 1.89. The van der Waals surface area contributed by atoms with Gasteiger partial charge in [-0.15, -0.1) is 21.5 Å². The van der Waals surface area contributed by atoms with Gasteiger partial charge in [-0.05, 0) is 43.7 Å². The first-order valence-corrected chi connectivity index (χ1v) is 11.8. The lowest BCUT2D eigenvalue weighted by Crippen LogP contribution is -2.23. The summed E-state index contributed by atoms with van der Waals surface area (Å²) in [5.74, 6) is 0.537. The van der Waals surface area contributed by atoms with E-state index in [4.69, 9.17) is 16.6 Å². The number of hydrogen-bond acceptors (Lipinski definition) is 6. The number of aryl methyl sites for hydroxylation is 2. The van der Waals surface area contributed by atoms with Crippen LogP contribution in [0.4, 0.5) is 10.8 Å². The molecule has 9 heteroatoms. The third kappa shape index (κ3) is 4.81. The molecule has 2 aromatic carbocycles. The minimum absolute atomic E-state index is 0.0683. The zero-order valence-corrected chi connectivity index (χ0v) is 19.6. The lowest BCUT2D eigenvalue weighted by Gasteiger charge is -2.20. The maximum atomic E-state index is 12.4. The maximum Gasteiger partial charge on any atom is 0.230 e. The average Bonchev–Trinajstić information content (AvgIpc) is 3.37. The van der Waals surface area contributed by atoms with Crippen LogP contribution in [0.2, 0.25) is 5.02 Å². The van der Waals surface area contributed by atoms with Gasteiger partial charge >= 0.3 is 0 Å². The number of thiazole rings is 1. The quantitative estimate of drug-likeness (QED) is 0.325. The molecule has 0 fully saturated rings. The predicted molar refractivity (Wildman–Crippen MR) is 127 cm³/mol. The number of carbonyl (C=O) groups is 1. The number of hydrogen-bond donors (Lipinski definition) is 0. The van der Waals surface area contributed by atoms with Crippen LogP contribution in [-0.2, 0) is 10.5 Å². The number of benzene rings is 2. The first kappa shape index (κ1) is 21.5. The van der Waals surface area contributed by atoms with Crippen LogP contribution in [0.5, 0.6) is 0 Å². The molecule has 2 heterocycles. The van der Waals surface area contributed by atoms with Crippen molar-refractivity contribution in [2.75, 3.05) is 4.90 Å². The number of thioether (sulfide) groups is 1. The highest BCUT2D eigenvalue weighted by atomic mass is 35.5. The molecule has 0 radical (unpaired) electrons. The van der Waals surface area contributed by atoms with Crippen molar-refractivity contribution in [1.82, 2.24) is 19.7 Å². The van der Waals surface area contributed by atoms with Crippen molar-refractivity contribution < 1.29 is 4.79 Å². The normalized spacial score (nSPS) is 11.0. The smallest absolute Gasteiger partial charge is 0.230 e. The Bertz CT molecular complexity index is 1240. The molecule has 0 saturated heterocycles. The van der Waals surface area contributed by atoms with Crippen molar-refractivity contribution in [3.8, 4) is 5.69 Å². The Morgan fingerprint density at radius 2 is 2.06 bits per heavy atom. The minimum atomic E-state index is -0.0683. The first-order chi connectivity index (χ1) is 14.9. The molecule has 31 heavy (non-hydrogen) atoms. The van der Waals surface area contributed by atoms with Crippen molar-refractivity contribution in [2.24, 2.45) is 0 Å². The Morgan fingerprint density at radius 1 is 1.23 bits per heavy atom. The third-order valence-electron chi connectivity index (χ3n) is 4.59. The largest absolute Gasteiger partial charge is 0.277 e. The van der Waals surface area contributed by atoms with Gasteiger partial charge in [0.2, 0.25) is 5.91 Å². The Balaban J connectivity index is 1.53. The highest BCUT2D eigenvalue weighted by Crippen LogP contribution is 2.33. The number of amides is 1. The van der Waals surface area contributed by atoms with Crippen molar-refractivity contribution in [3.63, 3.8) is 0 Å². The van der Waals surface area contributed by atoms with E-state index in [9.17, 15) is 4.79 Å². The highest BCUT2D eigenvalue weighted by Gasteiger charge is 2.20. The predicted octanol–water partition coefficient (Wildman–Crippen LogP) is 5.97. The highest BCUT2D eigenvalue weighted by molar-refractivity contribution is 7.98. The molecule has 6 nitrogen and oxygen atoms in total. The van der Waals surface area contributed by atoms with Crippen molar-refractivity contribution in [1.29, 1.82) is 0 Å². The van der Waals surface area contributed by atoms with Crippen LogP contribution < -0.4 is 4.90 Å². The number of rotatable bonds is 6. The number of anilines is 2. The fraction of sp³-hybridized carbons (Fsp3) is 0.182. The second-order valence-corrected chi connectivity index (χ2v) is 9.23. The van der Waals surface area contributed by atoms with Crippen LogP contribution in [0.1, 0.15) is 23.7 Å². The van der Waals surface area contributed by atoms with Gasteiger partial charge in [0.15, 0.2) is 10.3 Å². The van der Waals surface area contributed by atoms with E-state index < -0.39 is 0 Å². The summed E-state index contributed by atoms with van der Waals surface area (Å²) >= 11 is 9.10. The molecule has 158 valence electrons.